The lowest BCUT2D eigenvalue weighted by Crippen LogP contribution is -2.54. The van der Waals surface area contributed by atoms with Crippen LogP contribution in [0.2, 0.25) is 0 Å². The maximum Gasteiger partial charge on any atom is 0.0869 e. The Morgan fingerprint density at radius 2 is 1.84 bits per heavy atom. The first kappa shape index (κ1) is 15.1. The Morgan fingerprint density at radius 1 is 1.16 bits per heavy atom. The average molecular weight is 265 g/mol. The number of hydrogen-bond donors (Lipinski definition) is 1. The van der Waals surface area contributed by atoms with E-state index in [0.717, 1.165) is 0 Å². The summed E-state index contributed by atoms with van der Waals surface area (Å²) in [5, 5.41) is 3.57. The van der Waals surface area contributed by atoms with Gasteiger partial charge in [0.25, 0.3) is 0 Å². The van der Waals surface area contributed by atoms with Crippen molar-refractivity contribution < 1.29 is 4.74 Å². The highest BCUT2D eigenvalue weighted by Crippen LogP contribution is 2.45. The second-order valence-electron chi connectivity index (χ2n) is 7.18. The smallest absolute Gasteiger partial charge is 0.0869 e. The molecule has 0 aliphatic heterocycles. The highest BCUT2D eigenvalue weighted by atomic mass is 16.5. The molecule has 2 rings (SSSR count). The molecule has 110 valence electrons. The molecule has 2 nitrogen and oxygen atoms in total. The van der Waals surface area contributed by atoms with Crippen molar-refractivity contribution in [2.45, 2.75) is 76.9 Å². The van der Waals surface area contributed by atoms with Crippen LogP contribution in [0.1, 0.15) is 65.2 Å². The monoisotopic (exact) mass is 265 g/mol. The average Bonchev–Trinajstić information content (AvgIpc) is 2.43. The Bertz CT molecular complexity index is 322. The minimum absolute atomic E-state index is 0.0213. The summed E-state index contributed by atoms with van der Waals surface area (Å²) in [5.74, 6) is 0. The molecule has 0 spiro atoms. The molecule has 2 aliphatic carbocycles. The molecule has 1 saturated carbocycles. The van der Waals surface area contributed by atoms with E-state index in [4.69, 9.17) is 4.74 Å². The molecule has 0 saturated heterocycles. The van der Waals surface area contributed by atoms with Crippen LogP contribution in [0.5, 0.6) is 0 Å². The van der Waals surface area contributed by atoms with Crippen molar-refractivity contribution in [2.24, 2.45) is 5.41 Å². The Morgan fingerprint density at radius 3 is 2.32 bits per heavy atom. The maximum atomic E-state index is 6.08. The highest BCUT2D eigenvalue weighted by Gasteiger charge is 2.44. The van der Waals surface area contributed by atoms with Gasteiger partial charge in [-0.15, -0.1) is 0 Å². The molecule has 1 fully saturated rings. The topological polar surface area (TPSA) is 21.3 Å². The van der Waals surface area contributed by atoms with Crippen LogP contribution in [0.3, 0.4) is 0 Å². The standard InChI is InChI=1S/C17H31NO/c1-16(2)10-12-17(19-4,13-11-16)15(18-3)14-8-6-5-7-9-14/h8,15,18H,5-7,9-13H2,1-4H3. The summed E-state index contributed by atoms with van der Waals surface area (Å²) in [7, 11) is 4.01. The van der Waals surface area contributed by atoms with E-state index in [2.05, 4.69) is 32.3 Å². The van der Waals surface area contributed by atoms with Gasteiger partial charge in [-0.25, -0.2) is 0 Å². The molecule has 0 aromatic rings. The van der Waals surface area contributed by atoms with E-state index in [0.29, 0.717) is 11.5 Å². The quantitative estimate of drug-likeness (QED) is 0.774. The van der Waals surface area contributed by atoms with Gasteiger partial charge < -0.3 is 10.1 Å². The first-order valence-electron chi connectivity index (χ1n) is 7.94. The third-order valence-corrected chi connectivity index (χ3v) is 5.37. The van der Waals surface area contributed by atoms with Crippen molar-refractivity contribution in [2.75, 3.05) is 14.2 Å². The molecule has 0 aromatic carbocycles. The zero-order valence-electron chi connectivity index (χ0n) is 13.2. The van der Waals surface area contributed by atoms with Crippen molar-refractivity contribution in [1.29, 1.82) is 0 Å². The number of rotatable bonds is 4. The molecule has 19 heavy (non-hydrogen) atoms. The van der Waals surface area contributed by atoms with E-state index in [1.54, 1.807) is 5.57 Å². The molecule has 1 N–H and O–H groups in total. The number of methoxy groups -OCH3 is 1. The minimum Gasteiger partial charge on any atom is -0.376 e. The van der Waals surface area contributed by atoms with Gasteiger partial charge in [-0.2, -0.15) is 0 Å². The van der Waals surface area contributed by atoms with Crippen molar-refractivity contribution >= 4 is 0 Å². The first-order chi connectivity index (χ1) is 9.03. The third kappa shape index (κ3) is 3.22. The molecular formula is C17H31NO. The fraction of sp³-hybridized carbons (Fsp3) is 0.882. The Labute approximate surface area is 119 Å². The predicted molar refractivity (Wildman–Crippen MR) is 81.4 cm³/mol. The largest absolute Gasteiger partial charge is 0.376 e. The van der Waals surface area contributed by atoms with Crippen LogP contribution in [0.25, 0.3) is 0 Å². The fourth-order valence-electron chi connectivity index (χ4n) is 3.87. The van der Waals surface area contributed by atoms with Crippen molar-refractivity contribution in [3.05, 3.63) is 11.6 Å². The van der Waals surface area contributed by atoms with Gasteiger partial charge in [0, 0.05) is 7.11 Å². The summed E-state index contributed by atoms with van der Waals surface area (Å²) in [6, 6.07) is 0.411. The molecule has 1 atom stereocenters. The van der Waals surface area contributed by atoms with Gasteiger partial charge in [-0.3, -0.25) is 0 Å². The molecular weight excluding hydrogens is 234 g/mol. The van der Waals surface area contributed by atoms with Gasteiger partial charge in [-0.1, -0.05) is 25.5 Å². The fourth-order valence-corrected chi connectivity index (χ4v) is 3.87. The molecule has 1 unspecified atom stereocenters. The molecule has 0 heterocycles. The minimum atomic E-state index is 0.0213. The molecule has 2 aliphatic rings. The van der Waals surface area contributed by atoms with E-state index >= 15 is 0 Å². The molecule has 0 radical (unpaired) electrons. The van der Waals surface area contributed by atoms with Gasteiger partial charge in [-0.05, 0) is 63.8 Å². The molecule has 0 aromatic heterocycles. The SMILES string of the molecule is CNC(C1=CCCCC1)C1(OC)CCC(C)(C)CC1. The summed E-state index contributed by atoms with van der Waals surface area (Å²) in [6.45, 7) is 4.78. The lowest BCUT2D eigenvalue weighted by molar-refractivity contribution is -0.0778. The second-order valence-corrected chi connectivity index (χ2v) is 7.18. The van der Waals surface area contributed by atoms with Crippen LogP contribution in [0, 0.1) is 5.41 Å². The number of nitrogens with one attached hydrogen (secondary N) is 1. The third-order valence-electron chi connectivity index (χ3n) is 5.37. The van der Waals surface area contributed by atoms with Crippen LogP contribution in [0.15, 0.2) is 11.6 Å². The Kier molecular flexibility index (Phi) is 4.73. The molecule has 0 bridgehead atoms. The van der Waals surface area contributed by atoms with Crippen molar-refractivity contribution in [3.8, 4) is 0 Å². The zero-order chi connectivity index (χ0) is 13.9. The predicted octanol–water partition coefficient (Wildman–Crippen LogP) is 4.06. The molecule has 2 heteroatoms. The number of ether oxygens (including phenoxy) is 1. The highest BCUT2D eigenvalue weighted by molar-refractivity contribution is 5.20. The number of hydrogen-bond acceptors (Lipinski definition) is 2. The number of likely N-dealkylation sites (N-methyl/N-ethyl adjacent to an activating group) is 1. The normalized spacial score (nSPS) is 27.7. The first-order valence-corrected chi connectivity index (χ1v) is 7.94. The van der Waals surface area contributed by atoms with Crippen LogP contribution >= 0.6 is 0 Å². The van der Waals surface area contributed by atoms with Gasteiger partial charge in [0.1, 0.15) is 0 Å². The van der Waals surface area contributed by atoms with Crippen molar-refractivity contribution in [3.63, 3.8) is 0 Å². The van der Waals surface area contributed by atoms with Crippen LogP contribution in [-0.2, 0) is 4.74 Å². The summed E-state index contributed by atoms with van der Waals surface area (Å²) < 4.78 is 6.08. The van der Waals surface area contributed by atoms with Crippen LogP contribution in [0.4, 0.5) is 0 Å². The van der Waals surface area contributed by atoms with E-state index in [-0.39, 0.29) is 5.60 Å². The maximum absolute atomic E-state index is 6.08. The Hall–Kier alpha value is -0.340. The van der Waals surface area contributed by atoms with E-state index < -0.39 is 0 Å². The summed E-state index contributed by atoms with van der Waals surface area (Å²) in [5.41, 5.74) is 2.10. The lowest BCUT2D eigenvalue weighted by atomic mass is 9.66. The van der Waals surface area contributed by atoms with Crippen LogP contribution in [-0.4, -0.2) is 25.8 Å². The van der Waals surface area contributed by atoms with E-state index in [1.165, 1.54) is 51.4 Å². The molecule has 0 amide bonds. The zero-order valence-corrected chi connectivity index (χ0v) is 13.2. The summed E-state index contributed by atoms with van der Waals surface area (Å²) >= 11 is 0. The number of allylic oxidation sites excluding steroid dienone is 1. The van der Waals surface area contributed by atoms with Gasteiger partial charge in [0.15, 0.2) is 0 Å². The second kappa shape index (κ2) is 5.97. The summed E-state index contributed by atoms with van der Waals surface area (Å²) in [6.07, 6.45) is 12.6. The van der Waals surface area contributed by atoms with E-state index in [9.17, 15) is 0 Å². The van der Waals surface area contributed by atoms with Gasteiger partial charge in [0.05, 0.1) is 11.6 Å². The summed E-state index contributed by atoms with van der Waals surface area (Å²) in [4.78, 5) is 0. The lowest BCUT2D eigenvalue weighted by Gasteiger charge is -2.48. The Balaban J connectivity index is 2.16. The van der Waals surface area contributed by atoms with Gasteiger partial charge >= 0.3 is 0 Å². The van der Waals surface area contributed by atoms with Crippen molar-refractivity contribution in [1.82, 2.24) is 5.32 Å². The van der Waals surface area contributed by atoms with E-state index in [1.807, 2.05) is 7.11 Å². The van der Waals surface area contributed by atoms with Gasteiger partial charge in [0.2, 0.25) is 0 Å². The van der Waals surface area contributed by atoms with Crippen LogP contribution < -0.4 is 5.32 Å².